The van der Waals surface area contributed by atoms with Crippen molar-refractivity contribution >= 4 is 0 Å². The zero-order valence-corrected chi connectivity index (χ0v) is 7.62. The third-order valence-electron chi connectivity index (χ3n) is 2.30. The maximum atomic E-state index is 5.93. The Kier molecular flexibility index (Phi) is 2.10. The number of hydrogen-bond acceptors (Lipinski definition) is 3. The smallest absolute Gasteiger partial charge is 0.165 e. The number of rotatable bonds is 1. The van der Waals surface area contributed by atoms with Crippen LogP contribution in [0.4, 0.5) is 0 Å². The number of methoxy groups -OCH3 is 1. The lowest BCUT2D eigenvalue weighted by Crippen LogP contribution is -2.20. The summed E-state index contributed by atoms with van der Waals surface area (Å²) in [6, 6.07) is 5.89. The van der Waals surface area contributed by atoms with Gasteiger partial charge >= 0.3 is 0 Å². The first-order valence-electron chi connectivity index (χ1n) is 4.38. The van der Waals surface area contributed by atoms with Crippen molar-refractivity contribution in [3.05, 3.63) is 23.8 Å². The van der Waals surface area contributed by atoms with Gasteiger partial charge in [0.25, 0.3) is 0 Å². The predicted molar refractivity (Wildman–Crippen MR) is 50.0 cm³/mol. The van der Waals surface area contributed by atoms with Gasteiger partial charge in [-0.25, -0.2) is 0 Å². The third-order valence-corrected chi connectivity index (χ3v) is 2.30. The number of benzene rings is 1. The van der Waals surface area contributed by atoms with E-state index in [1.165, 1.54) is 0 Å². The van der Waals surface area contributed by atoms with Crippen molar-refractivity contribution in [1.82, 2.24) is 0 Å². The molecule has 1 unspecified atom stereocenters. The Morgan fingerprint density at radius 2 is 2.38 bits per heavy atom. The average Bonchev–Trinajstić information content (AvgIpc) is 2.18. The van der Waals surface area contributed by atoms with Gasteiger partial charge in [0.2, 0.25) is 0 Å². The molecule has 2 N–H and O–H groups in total. The highest BCUT2D eigenvalue weighted by atomic mass is 16.5. The molecule has 3 heteroatoms. The number of nitrogens with two attached hydrogens (primary N) is 1. The van der Waals surface area contributed by atoms with Gasteiger partial charge in [0.15, 0.2) is 11.5 Å². The molecule has 1 aliphatic rings. The molecule has 0 spiro atoms. The summed E-state index contributed by atoms with van der Waals surface area (Å²) in [6.45, 7) is 0.675. The summed E-state index contributed by atoms with van der Waals surface area (Å²) in [5.41, 5.74) is 6.98. The second kappa shape index (κ2) is 3.26. The van der Waals surface area contributed by atoms with E-state index in [1.54, 1.807) is 7.11 Å². The molecule has 0 aromatic heterocycles. The van der Waals surface area contributed by atoms with Crippen LogP contribution < -0.4 is 15.2 Å². The van der Waals surface area contributed by atoms with Gasteiger partial charge < -0.3 is 15.2 Å². The first kappa shape index (κ1) is 8.38. The fourth-order valence-corrected chi connectivity index (χ4v) is 1.58. The number of ether oxygens (including phenoxy) is 2. The van der Waals surface area contributed by atoms with Gasteiger partial charge in [-0.15, -0.1) is 0 Å². The molecule has 1 aromatic carbocycles. The molecule has 0 aliphatic carbocycles. The van der Waals surface area contributed by atoms with Crippen molar-refractivity contribution in [2.45, 2.75) is 12.5 Å². The molecule has 0 amide bonds. The fourth-order valence-electron chi connectivity index (χ4n) is 1.58. The Morgan fingerprint density at radius 3 is 3.15 bits per heavy atom. The highest BCUT2D eigenvalue weighted by Gasteiger charge is 2.20. The molecule has 1 aromatic rings. The van der Waals surface area contributed by atoms with Gasteiger partial charge in [0, 0.05) is 18.0 Å². The van der Waals surface area contributed by atoms with Gasteiger partial charge in [-0.3, -0.25) is 0 Å². The lowest BCUT2D eigenvalue weighted by molar-refractivity contribution is 0.253. The number of para-hydroxylation sites is 1. The lowest BCUT2D eigenvalue weighted by Gasteiger charge is -2.24. The van der Waals surface area contributed by atoms with E-state index in [0.717, 1.165) is 23.5 Å². The van der Waals surface area contributed by atoms with Crippen LogP contribution in [0.1, 0.15) is 18.0 Å². The second-order valence-corrected chi connectivity index (χ2v) is 3.12. The normalized spacial score (nSPS) is 20.3. The van der Waals surface area contributed by atoms with E-state index in [2.05, 4.69) is 0 Å². The number of hydrogen-bond donors (Lipinski definition) is 1. The molecule has 1 heterocycles. The standard InChI is InChI=1S/C10H13NO2/c1-12-9-4-2-3-7-8(11)5-6-13-10(7)9/h2-4,8H,5-6,11H2,1H3. The van der Waals surface area contributed by atoms with Crippen LogP contribution in [-0.4, -0.2) is 13.7 Å². The number of fused-ring (bicyclic) bond motifs is 1. The summed E-state index contributed by atoms with van der Waals surface area (Å²) in [5.74, 6) is 1.58. The van der Waals surface area contributed by atoms with Gasteiger partial charge in [-0.05, 0) is 6.07 Å². The second-order valence-electron chi connectivity index (χ2n) is 3.12. The molecule has 70 valence electrons. The lowest BCUT2D eigenvalue weighted by atomic mass is 10.0. The Labute approximate surface area is 77.5 Å². The zero-order chi connectivity index (χ0) is 9.26. The molecular weight excluding hydrogens is 166 g/mol. The molecule has 13 heavy (non-hydrogen) atoms. The van der Waals surface area contributed by atoms with Gasteiger partial charge in [-0.1, -0.05) is 12.1 Å². The van der Waals surface area contributed by atoms with Crippen molar-refractivity contribution in [2.24, 2.45) is 5.73 Å². The van der Waals surface area contributed by atoms with Crippen LogP contribution in [0.15, 0.2) is 18.2 Å². The molecule has 0 saturated carbocycles. The summed E-state index contributed by atoms with van der Waals surface area (Å²) in [6.07, 6.45) is 0.875. The minimum atomic E-state index is 0.0823. The van der Waals surface area contributed by atoms with Crippen LogP contribution in [0.3, 0.4) is 0 Å². The van der Waals surface area contributed by atoms with Crippen LogP contribution in [0.2, 0.25) is 0 Å². The maximum Gasteiger partial charge on any atom is 0.165 e. The van der Waals surface area contributed by atoms with E-state index in [4.69, 9.17) is 15.2 Å². The Morgan fingerprint density at radius 1 is 1.54 bits per heavy atom. The summed E-state index contributed by atoms with van der Waals surface area (Å²) >= 11 is 0. The Balaban J connectivity index is 2.48. The molecule has 0 radical (unpaired) electrons. The predicted octanol–water partition coefficient (Wildman–Crippen LogP) is 1.48. The van der Waals surface area contributed by atoms with E-state index in [0.29, 0.717) is 6.61 Å². The van der Waals surface area contributed by atoms with Crippen molar-refractivity contribution in [2.75, 3.05) is 13.7 Å². The molecule has 3 nitrogen and oxygen atoms in total. The molecule has 0 saturated heterocycles. The molecule has 0 fully saturated rings. The van der Waals surface area contributed by atoms with E-state index in [-0.39, 0.29) is 6.04 Å². The van der Waals surface area contributed by atoms with E-state index in [9.17, 15) is 0 Å². The molecule has 1 aliphatic heterocycles. The zero-order valence-electron chi connectivity index (χ0n) is 7.62. The summed E-state index contributed by atoms with van der Waals surface area (Å²) < 4.78 is 10.7. The van der Waals surface area contributed by atoms with Crippen LogP contribution in [0.5, 0.6) is 11.5 Å². The quantitative estimate of drug-likeness (QED) is 0.710. The van der Waals surface area contributed by atoms with E-state index < -0.39 is 0 Å². The molecule has 0 bridgehead atoms. The summed E-state index contributed by atoms with van der Waals surface area (Å²) in [7, 11) is 1.64. The average molecular weight is 179 g/mol. The largest absolute Gasteiger partial charge is 0.493 e. The summed E-state index contributed by atoms with van der Waals surface area (Å²) in [4.78, 5) is 0. The first-order valence-corrected chi connectivity index (χ1v) is 4.38. The Hall–Kier alpha value is -1.22. The maximum absolute atomic E-state index is 5.93. The SMILES string of the molecule is COc1cccc2c1OCCC2N. The van der Waals surface area contributed by atoms with Crippen LogP contribution in [-0.2, 0) is 0 Å². The minimum absolute atomic E-state index is 0.0823. The van der Waals surface area contributed by atoms with E-state index >= 15 is 0 Å². The van der Waals surface area contributed by atoms with Crippen LogP contribution in [0, 0.1) is 0 Å². The van der Waals surface area contributed by atoms with Crippen molar-refractivity contribution in [3.8, 4) is 11.5 Å². The van der Waals surface area contributed by atoms with E-state index in [1.807, 2.05) is 18.2 Å². The first-order chi connectivity index (χ1) is 6.33. The highest BCUT2D eigenvalue weighted by molar-refractivity contribution is 5.48. The van der Waals surface area contributed by atoms with Gasteiger partial charge in [-0.2, -0.15) is 0 Å². The minimum Gasteiger partial charge on any atom is -0.493 e. The highest BCUT2D eigenvalue weighted by Crippen LogP contribution is 2.37. The van der Waals surface area contributed by atoms with Crippen LogP contribution >= 0.6 is 0 Å². The van der Waals surface area contributed by atoms with Gasteiger partial charge in [0.05, 0.1) is 13.7 Å². The van der Waals surface area contributed by atoms with Crippen LogP contribution in [0.25, 0.3) is 0 Å². The fraction of sp³-hybridized carbons (Fsp3) is 0.400. The third kappa shape index (κ3) is 1.35. The monoisotopic (exact) mass is 179 g/mol. The Bertz CT molecular complexity index is 312. The van der Waals surface area contributed by atoms with Crippen molar-refractivity contribution in [1.29, 1.82) is 0 Å². The molecule has 1 atom stereocenters. The topological polar surface area (TPSA) is 44.5 Å². The molecule has 2 rings (SSSR count). The van der Waals surface area contributed by atoms with Gasteiger partial charge in [0.1, 0.15) is 0 Å². The summed E-state index contributed by atoms with van der Waals surface area (Å²) in [5, 5.41) is 0. The van der Waals surface area contributed by atoms with Crippen molar-refractivity contribution in [3.63, 3.8) is 0 Å². The van der Waals surface area contributed by atoms with Crippen molar-refractivity contribution < 1.29 is 9.47 Å². The molecular formula is C10H13NO2.